The Hall–Kier alpha value is -2.35. The molecule has 186 valence electrons. The van der Waals surface area contributed by atoms with E-state index in [4.69, 9.17) is 23.2 Å². The molecule has 1 heterocycles. The average Bonchev–Trinajstić information content (AvgIpc) is 2.80. The second-order valence-electron chi connectivity index (χ2n) is 10.5. The SMILES string of the molecule is O=c1[nH]c(=O)n(-c2ccc(C34CC5CC(CC(C5)C3)C4)cc2Br)c(O)c1C=Nc1ccc(Cl)cc1Cl. The highest BCUT2D eigenvalue weighted by molar-refractivity contribution is 9.10. The highest BCUT2D eigenvalue weighted by atomic mass is 79.9. The maximum atomic E-state index is 12.8. The van der Waals surface area contributed by atoms with Crippen LogP contribution in [0, 0.1) is 17.8 Å². The number of aromatic hydroxyl groups is 1. The van der Waals surface area contributed by atoms with E-state index in [-0.39, 0.29) is 11.0 Å². The van der Waals surface area contributed by atoms with Gasteiger partial charge in [0.15, 0.2) is 0 Å². The van der Waals surface area contributed by atoms with E-state index >= 15 is 0 Å². The summed E-state index contributed by atoms with van der Waals surface area (Å²) in [7, 11) is 0. The first-order valence-corrected chi connectivity index (χ1v) is 13.6. The van der Waals surface area contributed by atoms with Crippen molar-refractivity contribution in [1.29, 1.82) is 0 Å². The highest BCUT2D eigenvalue weighted by Crippen LogP contribution is 2.61. The number of halogens is 3. The van der Waals surface area contributed by atoms with Gasteiger partial charge in [-0.25, -0.2) is 9.36 Å². The summed E-state index contributed by atoms with van der Waals surface area (Å²) in [5, 5.41) is 11.7. The minimum atomic E-state index is -0.746. The average molecular weight is 589 g/mol. The first kappa shape index (κ1) is 24.0. The van der Waals surface area contributed by atoms with E-state index in [1.807, 2.05) is 6.07 Å². The standard InChI is InChI=1S/C27H24BrCl2N3O3/c28-20-8-17(27-10-14-5-15(11-27)7-16(6-14)12-27)1-4-23(20)33-25(35)19(24(34)32-26(33)36)13-31-22-3-2-18(29)9-21(22)30/h1-4,8-9,13-16,35H,5-7,10-12H2,(H,32,34,36). The molecule has 0 unspecified atom stereocenters. The Kier molecular flexibility index (Phi) is 5.93. The second kappa shape index (κ2) is 8.89. The van der Waals surface area contributed by atoms with E-state index in [1.165, 1.54) is 56.4 Å². The molecule has 4 bridgehead atoms. The lowest BCUT2D eigenvalue weighted by molar-refractivity contribution is -0.00521. The van der Waals surface area contributed by atoms with Gasteiger partial charge in [-0.3, -0.25) is 14.8 Å². The third kappa shape index (κ3) is 4.05. The highest BCUT2D eigenvalue weighted by Gasteiger charge is 2.51. The van der Waals surface area contributed by atoms with Crippen LogP contribution in [0.4, 0.5) is 5.69 Å². The summed E-state index contributed by atoms with van der Waals surface area (Å²) < 4.78 is 1.77. The minimum Gasteiger partial charge on any atom is -0.493 e. The molecule has 6 nitrogen and oxygen atoms in total. The predicted octanol–water partition coefficient (Wildman–Crippen LogP) is 6.52. The van der Waals surface area contributed by atoms with E-state index < -0.39 is 17.1 Å². The summed E-state index contributed by atoms with van der Waals surface area (Å²) in [6, 6.07) is 10.7. The molecule has 4 saturated carbocycles. The molecule has 1 aromatic heterocycles. The molecule has 3 aromatic rings. The van der Waals surface area contributed by atoms with Gasteiger partial charge < -0.3 is 5.11 Å². The van der Waals surface area contributed by atoms with Gasteiger partial charge in [-0.2, -0.15) is 0 Å². The lowest BCUT2D eigenvalue weighted by Crippen LogP contribution is -2.48. The Morgan fingerprint density at radius 3 is 2.31 bits per heavy atom. The number of aromatic amines is 1. The zero-order chi connectivity index (χ0) is 25.2. The summed E-state index contributed by atoms with van der Waals surface area (Å²) in [6.45, 7) is 0. The fourth-order valence-electron chi connectivity index (χ4n) is 7.08. The molecular weight excluding hydrogens is 565 g/mol. The molecule has 0 aliphatic heterocycles. The fourth-order valence-corrected chi connectivity index (χ4v) is 8.09. The maximum absolute atomic E-state index is 12.8. The normalized spacial score (nSPS) is 26.7. The molecule has 4 aliphatic rings. The van der Waals surface area contributed by atoms with Gasteiger partial charge in [-0.05, 0) is 114 Å². The zero-order valence-corrected chi connectivity index (χ0v) is 22.4. The number of aliphatic imine (C=N–C) groups is 1. The third-order valence-corrected chi connectivity index (χ3v) is 9.38. The monoisotopic (exact) mass is 587 g/mol. The Balaban J connectivity index is 1.38. The van der Waals surface area contributed by atoms with Crippen LogP contribution >= 0.6 is 39.1 Å². The van der Waals surface area contributed by atoms with Gasteiger partial charge in [-0.15, -0.1) is 0 Å². The molecule has 4 fully saturated rings. The smallest absolute Gasteiger partial charge is 0.335 e. The van der Waals surface area contributed by atoms with E-state index in [2.05, 4.69) is 38.0 Å². The topological polar surface area (TPSA) is 87.5 Å². The number of nitrogens with zero attached hydrogens (tertiary/aromatic N) is 2. The van der Waals surface area contributed by atoms with Crippen LogP contribution in [0.25, 0.3) is 5.69 Å². The molecule has 0 radical (unpaired) electrons. The van der Waals surface area contributed by atoms with Crippen LogP contribution in [0.15, 0.2) is 55.5 Å². The first-order chi connectivity index (χ1) is 17.2. The Labute approximate surface area is 226 Å². The van der Waals surface area contributed by atoms with Gasteiger partial charge >= 0.3 is 5.69 Å². The molecule has 2 aromatic carbocycles. The van der Waals surface area contributed by atoms with Crippen molar-refractivity contribution < 1.29 is 5.11 Å². The second-order valence-corrected chi connectivity index (χ2v) is 12.2. The van der Waals surface area contributed by atoms with Gasteiger partial charge in [0, 0.05) is 15.7 Å². The van der Waals surface area contributed by atoms with Gasteiger partial charge in [0.25, 0.3) is 5.56 Å². The van der Waals surface area contributed by atoms with Crippen molar-refractivity contribution in [3.8, 4) is 11.6 Å². The molecule has 36 heavy (non-hydrogen) atoms. The van der Waals surface area contributed by atoms with Crippen molar-refractivity contribution in [3.05, 3.63) is 82.9 Å². The zero-order valence-electron chi connectivity index (χ0n) is 19.3. The molecular formula is C27H24BrCl2N3O3. The number of hydrogen-bond acceptors (Lipinski definition) is 4. The summed E-state index contributed by atoms with van der Waals surface area (Å²) in [5.41, 5.74) is 0.668. The number of hydrogen-bond donors (Lipinski definition) is 2. The molecule has 0 saturated heterocycles. The van der Waals surface area contributed by atoms with Crippen LogP contribution in [-0.4, -0.2) is 20.9 Å². The quantitative estimate of drug-likeness (QED) is 0.340. The van der Waals surface area contributed by atoms with Gasteiger partial charge in [0.1, 0.15) is 5.56 Å². The molecule has 0 amide bonds. The Morgan fingerprint density at radius 1 is 1.03 bits per heavy atom. The lowest BCUT2D eigenvalue weighted by atomic mass is 9.48. The van der Waals surface area contributed by atoms with Gasteiger partial charge in [-0.1, -0.05) is 29.3 Å². The molecule has 7 rings (SSSR count). The van der Waals surface area contributed by atoms with Crippen molar-refractivity contribution in [3.63, 3.8) is 0 Å². The molecule has 4 aliphatic carbocycles. The predicted molar refractivity (Wildman–Crippen MR) is 146 cm³/mol. The van der Waals surface area contributed by atoms with Crippen LogP contribution in [0.5, 0.6) is 5.88 Å². The van der Waals surface area contributed by atoms with Crippen LogP contribution in [0.3, 0.4) is 0 Å². The first-order valence-electron chi connectivity index (χ1n) is 12.1. The largest absolute Gasteiger partial charge is 0.493 e. The van der Waals surface area contributed by atoms with Gasteiger partial charge in [0.2, 0.25) is 5.88 Å². The van der Waals surface area contributed by atoms with Crippen LogP contribution in [0.1, 0.15) is 49.7 Å². The maximum Gasteiger partial charge on any atom is 0.335 e. The third-order valence-electron chi connectivity index (χ3n) is 8.20. The van der Waals surface area contributed by atoms with Crippen molar-refractivity contribution >= 4 is 51.0 Å². The summed E-state index contributed by atoms with van der Waals surface area (Å²) in [4.78, 5) is 31.8. The molecule has 9 heteroatoms. The van der Waals surface area contributed by atoms with Crippen molar-refractivity contribution in [2.45, 2.75) is 43.9 Å². The summed E-state index contributed by atoms with van der Waals surface area (Å²) >= 11 is 15.7. The summed E-state index contributed by atoms with van der Waals surface area (Å²) in [5.74, 6) is 1.95. The van der Waals surface area contributed by atoms with Crippen LogP contribution in [-0.2, 0) is 5.41 Å². The Morgan fingerprint density at radius 2 is 1.69 bits per heavy atom. The van der Waals surface area contributed by atoms with Crippen LogP contribution in [0.2, 0.25) is 10.0 Å². The van der Waals surface area contributed by atoms with Crippen molar-refractivity contribution in [1.82, 2.24) is 9.55 Å². The van der Waals surface area contributed by atoms with Gasteiger partial charge in [0.05, 0.1) is 16.4 Å². The molecule has 2 N–H and O–H groups in total. The summed E-state index contributed by atoms with van der Waals surface area (Å²) in [6.07, 6.45) is 8.96. The number of benzene rings is 2. The number of rotatable bonds is 4. The minimum absolute atomic E-state index is 0.155. The van der Waals surface area contributed by atoms with E-state index in [1.54, 1.807) is 12.1 Å². The lowest BCUT2D eigenvalue weighted by Gasteiger charge is -2.57. The van der Waals surface area contributed by atoms with E-state index in [9.17, 15) is 14.7 Å². The number of H-pyrrole nitrogens is 1. The molecule has 0 atom stereocenters. The Bertz CT molecular complexity index is 1490. The number of aromatic nitrogens is 2. The van der Waals surface area contributed by atoms with E-state index in [0.29, 0.717) is 25.9 Å². The van der Waals surface area contributed by atoms with Crippen molar-refractivity contribution in [2.75, 3.05) is 0 Å². The number of nitrogens with one attached hydrogen (secondary N) is 1. The van der Waals surface area contributed by atoms with Crippen molar-refractivity contribution in [2.24, 2.45) is 22.7 Å². The van der Waals surface area contributed by atoms with Crippen LogP contribution < -0.4 is 11.2 Å². The molecule has 0 spiro atoms. The van der Waals surface area contributed by atoms with E-state index in [0.717, 1.165) is 22.3 Å². The fraction of sp³-hybridized carbons (Fsp3) is 0.370.